The topological polar surface area (TPSA) is 71.5 Å². The van der Waals surface area contributed by atoms with Gasteiger partial charge in [0.25, 0.3) is 5.91 Å². The molecular formula is C18H19N3O3. The van der Waals surface area contributed by atoms with E-state index in [9.17, 15) is 9.59 Å². The molecule has 3 heterocycles. The number of carbonyl (C=O) groups excluding carboxylic acids is 2. The first-order valence-corrected chi connectivity index (χ1v) is 8.31. The smallest absolute Gasteiger partial charge is 0.414 e. The third-order valence-electron chi connectivity index (χ3n) is 4.88. The number of nitrogens with one attached hydrogen (secondary N) is 1. The van der Waals surface area contributed by atoms with Crippen LogP contribution in [0.5, 0.6) is 0 Å². The number of pyridine rings is 1. The summed E-state index contributed by atoms with van der Waals surface area (Å²) in [5.41, 5.74) is 0. The van der Waals surface area contributed by atoms with Crippen molar-refractivity contribution in [3.8, 4) is 0 Å². The molecule has 1 N–H and O–H groups in total. The normalized spacial score (nSPS) is 21.8. The van der Waals surface area contributed by atoms with Crippen molar-refractivity contribution in [2.24, 2.45) is 5.92 Å². The van der Waals surface area contributed by atoms with Crippen molar-refractivity contribution < 1.29 is 14.3 Å². The number of anilines is 1. The molecule has 6 heteroatoms. The monoisotopic (exact) mass is 325 g/mol. The summed E-state index contributed by atoms with van der Waals surface area (Å²) in [5, 5.41) is 4.55. The molecule has 2 aromatic rings. The summed E-state index contributed by atoms with van der Waals surface area (Å²) in [6, 6.07) is 10.3. The number of amides is 2. The van der Waals surface area contributed by atoms with Crippen molar-refractivity contribution in [3.63, 3.8) is 0 Å². The van der Waals surface area contributed by atoms with E-state index in [0.717, 1.165) is 31.7 Å². The summed E-state index contributed by atoms with van der Waals surface area (Å²) in [5.74, 6) is 1.10. The number of nitrogens with zero attached hydrogens (tertiary/aromatic N) is 2. The van der Waals surface area contributed by atoms with Gasteiger partial charge >= 0.3 is 6.09 Å². The molecule has 6 nitrogen and oxygen atoms in total. The molecule has 0 radical (unpaired) electrons. The van der Waals surface area contributed by atoms with Crippen LogP contribution >= 0.6 is 0 Å². The van der Waals surface area contributed by atoms with Crippen LogP contribution in [0.15, 0.2) is 36.5 Å². The number of cyclic esters (lactones) is 1. The summed E-state index contributed by atoms with van der Waals surface area (Å²) in [4.78, 5) is 29.6. The zero-order valence-corrected chi connectivity index (χ0v) is 13.3. The van der Waals surface area contributed by atoms with Gasteiger partial charge in [-0.25, -0.2) is 9.78 Å². The van der Waals surface area contributed by atoms with Gasteiger partial charge in [0.2, 0.25) is 0 Å². The second-order valence-corrected chi connectivity index (χ2v) is 6.41. The highest BCUT2D eigenvalue weighted by molar-refractivity contribution is 5.99. The number of aromatic nitrogens is 1. The fourth-order valence-electron chi connectivity index (χ4n) is 3.59. The molecule has 2 amide bonds. The van der Waals surface area contributed by atoms with E-state index in [2.05, 4.69) is 27.3 Å². The van der Waals surface area contributed by atoms with Crippen LogP contribution in [0.4, 0.5) is 10.6 Å². The number of alkyl carbamates (subject to hydrolysis) is 1. The predicted octanol–water partition coefficient (Wildman–Crippen LogP) is 2.48. The lowest BCUT2D eigenvalue weighted by Crippen LogP contribution is -2.36. The van der Waals surface area contributed by atoms with Crippen LogP contribution in [-0.2, 0) is 9.53 Å². The van der Waals surface area contributed by atoms with Crippen molar-refractivity contribution in [2.45, 2.75) is 25.4 Å². The fraction of sp³-hybridized carbons (Fsp3) is 0.389. The highest BCUT2D eigenvalue weighted by Crippen LogP contribution is 2.30. The third-order valence-corrected chi connectivity index (χ3v) is 4.88. The maximum atomic E-state index is 11.6. The number of piperidine rings is 1. The van der Waals surface area contributed by atoms with Gasteiger partial charge in [0.15, 0.2) is 6.10 Å². The molecule has 0 saturated carbocycles. The summed E-state index contributed by atoms with van der Waals surface area (Å²) in [6.07, 6.45) is 3.14. The maximum Gasteiger partial charge on any atom is 0.414 e. The minimum Gasteiger partial charge on any atom is -0.436 e. The van der Waals surface area contributed by atoms with Gasteiger partial charge in [-0.15, -0.1) is 0 Å². The molecule has 1 unspecified atom stereocenters. The highest BCUT2D eigenvalue weighted by atomic mass is 16.6. The van der Waals surface area contributed by atoms with Crippen LogP contribution in [0, 0.1) is 5.92 Å². The molecule has 2 aliphatic rings. The molecule has 1 aromatic carbocycles. The van der Waals surface area contributed by atoms with Gasteiger partial charge in [0.05, 0.1) is 0 Å². The van der Waals surface area contributed by atoms with Crippen molar-refractivity contribution in [2.75, 3.05) is 18.0 Å². The van der Waals surface area contributed by atoms with Crippen LogP contribution in [0.3, 0.4) is 0 Å². The Morgan fingerprint density at radius 3 is 2.71 bits per heavy atom. The Hall–Kier alpha value is -2.63. The molecule has 24 heavy (non-hydrogen) atoms. The van der Waals surface area contributed by atoms with E-state index >= 15 is 0 Å². The highest BCUT2D eigenvalue weighted by Gasteiger charge is 2.35. The molecular weight excluding hydrogens is 306 g/mol. The van der Waals surface area contributed by atoms with Crippen LogP contribution in [0.25, 0.3) is 10.8 Å². The Kier molecular flexibility index (Phi) is 3.80. The lowest BCUT2D eigenvalue weighted by atomic mass is 9.91. The molecule has 1 aromatic heterocycles. The molecule has 4 rings (SSSR count). The first kappa shape index (κ1) is 14.9. The van der Waals surface area contributed by atoms with Crippen LogP contribution in [-0.4, -0.2) is 36.2 Å². The molecule has 124 valence electrons. The average molecular weight is 325 g/mol. The number of hydrogen-bond donors (Lipinski definition) is 1. The van der Waals surface area contributed by atoms with Gasteiger partial charge in [-0.05, 0) is 36.6 Å². The SMILES string of the molecule is O=C1NC(=O)C(CC2CCN(c3nccc4ccccc34)CC2)O1. The Morgan fingerprint density at radius 1 is 1.17 bits per heavy atom. The van der Waals surface area contributed by atoms with E-state index in [-0.39, 0.29) is 5.91 Å². The van der Waals surface area contributed by atoms with Crippen molar-refractivity contribution in [3.05, 3.63) is 36.5 Å². The van der Waals surface area contributed by atoms with E-state index in [1.807, 2.05) is 24.4 Å². The average Bonchev–Trinajstić information content (AvgIpc) is 2.92. The Labute approximate surface area is 139 Å². The van der Waals surface area contributed by atoms with Crippen molar-refractivity contribution >= 4 is 28.6 Å². The third kappa shape index (κ3) is 2.79. The van der Waals surface area contributed by atoms with E-state index < -0.39 is 12.2 Å². The Morgan fingerprint density at radius 2 is 1.96 bits per heavy atom. The van der Waals surface area contributed by atoms with E-state index in [1.54, 1.807) is 0 Å². The molecule has 0 aliphatic carbocycles. The summed E-state index contributed by atoms with van der Waals surface area (Å²) < 4.78 is 5.02. The van der Waals surface area contributed by atoms with Gasteiger partial charge in [-0.1, -0.05) is 24.3 Å². The Bertz CT molecular complexity index is 779. The maximum absolute atomic E-state index is 11.6. The Balaban J connectivity index is 1.42. The lowest BCUT2D eigenvalue weighted by molar-refractivity contribution is -0.124. The molecule has 2 fully saturated rings. The summed E-state index contributed by atoms with van der Waals surface area (Å²) in [7, 11) is 0. The fourth-order valence-corrected chi connectivity index (χ4v) is 3.59. The van der Waals surface area contributed by atoms with E-state index in [4.69, 9.17) is 4.74 Å². The first-order valence-electron chi connectivity index (χ1n) is 8.31. The van der Waals surface area contributed by atoms with Gasteiger partial charge < -0.3 is 9.64 Å². The first-order chi connectivity index (χ1) is 11.7. The van der Waals surface area contributed by atoms with Crippen LogP contribution in [0.1, 0.15) is 19.3 Å². The van der Waals surface area contributed by atoms with Gasteiger partial charge in [0, 0.05) is 24.7 Å². The molecule has 1 atom stereocenters. The number of imide groups is 1. The van der Waals surface area contributed by atoms with Crippen molar-refractivity contribution in [1.82, 2.24) is 10.3 Å². The molecule has 0 bridgehead atoms. The van der Waals surface area contributed by atoms with Crippen LogP contribution in [0.2, 0.25) is 0 Å². The van der Waals surface area contributed by atoms with Crippen LogP contribution < -0.4 is 10.2 Å². The standard InChI is InChI=1S/C18H19N3O3/c22-17-15(24-18(23)20-17)11-12-6-9-21(10-7-12)16-14-4-2-1-3-13(14)5-8-19-16/h1-5,8,12,15H,6-7,9-11H2,(H,20,22,23). The van der Waals surface area contributed by atoms with E-state index in [0.29, 0.717) is 12.3 Å². The second-order valence-electron chi connectivity index (χ2n) is 6.41. The molecule has 0 spiro atoms. The lowest BCUT2D eigenvalue weighted by Gasteiger charge is -2.33. The zero-order valence-electron chi connectivity index (χ0n) is 13.3. The quantitative estimate of drug-likeness (QED) is 0.938. The number of rotatable bonds is 3. The minimum atomic E-state index is -0.623. The van der Waals surface area contributed by atoms with Gasteiger partial charge in [0.1, 0.15) is 5.82 Å². The molecule has 2 aliphatic heterocycles. The second kappa shape index (κ2) is 6.11. The van der Waals surface area contributed by atoms with Gasteiger partial charge in [-0.3, -0.25) is 10.1 Å². The number of hydrogen-bond acceptors (Lipinski definition) is 5. The van der Waals surface area contributed by atoms with E-state index in [1.165, 1.54) is 10.8 Å². The number of carbonyl (C=O) groups is 2. The van der Waals surface area contributed by atoms with Crippen molar-refractivity contribution in [1.29, 1.82) is 0 Å². The van der Waals surface area contributed by atoms with Gasteiger partial charge in [-0.2, -0.15) is 0 Å². The predicted molar refractivity (Wildman–Crippen MR) is 89.7 cm³/mol. The number of fused-ring (bicyclic) bond motifs is 1. The number of benzene rings is 1. The largest absolute Gasteiger partial charge is 0.436 e. The molecule has 2 saturated heterocycles. The zero-order chi connectivity index (χ0) is 16.5. The summed E-state index contributed by atoms with van der Waals surface area (Å²) >= 11 is 0. The minimum absolute atomic E-state index is 0.307. The number of ether oxygens (including phenoxy) is 1. The summed E-state index contributed by atoms with van der Waals surface area (Å²) in [6.45, 7) is 1.79.